The van der Waals surface area contributed by atoms with Crippen molar-refractivity contribution in [2.75, 3.05) is 18.9 Å². The van der Waals surface area contributed by atoms with E-state index in [-0.39, 0.29) is 5.60 Å². The average molecular weight is 323 g/mol. The standard InChI is InChI=1S/C12H17BrClNO2/c1-12(2,3)17-5-4-16-11-9(13)6-8(14)7-10(11)15/h6-7H,4-5,15H2,1-3H3. The van der Waals surface area contributed by atoms with Gasteiger partial charge in [-0.3, -0.25) is 0 Å². The molecule has 0 aliphatic carbocycles. The van der Waals surface area contributed by atoms with Crippen LogP contribution in [0.15, 0.2) is 16.6 Å². The molecule has 0 heterocycles. The number of benzene rings is 1. The smallest absolute Gasteiger partial charge is 0.156 e. The second-order valence-corrected chi connectivity index (χ2v) is 5.91. The van der Waals surface area contributed by atoms with E-state index < -0.39 is 0 Å². The van der Waals surface area contributed by atoms with E-state index in [0.717, 1.165) is 4.47 Å². The van der Waals surface area contributed by atoms with Gasteiger partial charge in [0.2, 0.25) is 0 Å². The summed E-state index contributed by atoms with van der Waals surface area (Å²) in [6.07, 6.45) is 0. The van der Waals surface area contributed by atoms with Crippen molar-refractivity contribution in [3.8, 4) is 5.75 Å². The van der Waals surface area contributed by atoms with Crippen molar-refractivity contribution < 1.29 is 9.47 Å². The number of hydrogen-bond donors (Lipinski definition) is 1. The lowest BCUT2D eigenvalue weighted by molar-refractivity contribution is -0.0162. The summed E-state index contributed by atoms with van der Waals surface area (Å²) < 4.78 is 11.9. The monoisotopic (exact) mass is 321 g/mol. The van der Waals surface area contributed by atoms with E-state index in [0.29, 0.717) is 29.7 Å². The van der Waals surface area contributed by atoms with Crippen molar-refractivity contribution in [3.05, 3.63) is 21.6 Å². The van der Waals surface area contributed by atoms with Crippen LogP contribution in [0.2, 0.25) is 5.02 Å². The van der Waals surface area contributed by atoms with E-state index in [2.05, 4.69) is 15.9 Å². The summed E-state index contributed by atoms with van der Waals surface area (Å²) in [5, 5.41) is 0.577. The molecule has 5 heteroatoms. The van der Waals surface area contributed by atoms with E-state index in [1.807, 2.05) is 20.8 Å². The van der Waals surface area contributed by atoms with Crippen LogP contribution in [0.4, 0.5) is 5.69 Å². The van der Waals surface area contributed by atoms with Gasteiger partial charge in [-0.1, -0.05) is 11.6 Å². The third kappa shape index (κ3) is 5.15. The Morgan fingerprint density at radius 3 is 2.47 bits per heavy atom. The molecule has 0 aromatic heterocycles. The summed E-state index contributed by atoms with van der Waals surface area (Å²) in [6, 6.07) is 3.41. The first-order valence-electron chi connectivity index (χ1n) is 5.31. The summed E-state index contributed by atoms with van der Waals surface area (Å²) in [7, 11) is 0. The van der Waals surface area contributed by atoms with Crippen LogP contribution < -0.4 is 10.5 Å². The molecule has 0 atom stereocenters. The highest BCUT2D eigenvalue weighted by molar-refractivity contribution is 9.10. The maximum atomic E-state index is 5.85. The SMILES string of the molecule is CC(C)(C)OCCOc1c(N)cc(Cl)cc1Br. The summed E-state index contributed by atoms with van der Waals surface area (Å²) in [5.74, 6) is 0.604. The molecule has 0 saturated heterocycles. The lowest BCUT2D eigenvalue weighted by Crippen LogP contribution is -2.22. The van der Waals surface area contributed by atoms with Gasteiger partial charge in [-0.15, -0.1) is 0 Å². The Balaban J connectivity index is 2.53. The van der Waals surface area contributed by atoms with Gasteiger partial charge in [0.25, 0.3) is 0 Å². The van der Waals surface area contributed by atoms with E-state index >= 15 is 0 Å². The van der Waals surface area contributed by atoms with Crippen LogP contribution in [-0.4, -0.2) is 18.8 Å². The fraction of sp³-hybridized carbons (Fsp3) is 0.500. The van der Waals surface area contributed by atoms with Gasteiger partial charge in [0.15, 0.2) is 5.75 Å². The summed E-state index contributed by atoms with van der Waals surface area (Å²) in [5.41, 5.74) is 6.16. The van der Waals surface area contributed by atoms with Gasteiger partial charge in [0.05, 0.1) is 22.4 Å². The molecule has 0 aliphatic rings. The lowest BCUT2D eigenvalue weighted by atomic mass is 10.2. The topological polar surface area (TPSA) is 44.5 Å². The van der Waals surface area contributed by atoms with Crippen molar-refractivity contribution in [2.24, 2.45) is 0 Å². The summed E-state index contributed by atoms with van der Waals surface area (Å²) in [4.78, 5) is 0. The highest BCUT2D eigenvalue weighted by Gasteiger charge is 2.11. The third-order valence-electron chi connectivity index (χ3n) is 1.90. The van der Waals surface area contributed by atoms with E-state index in [9.17, 15) is 0 Å². The van der Waals surface area contributed by atoms with Crippen molar-refractivity contribution in [1.29, 1.82) is 0 Å². The molecule has 0 spiro atoms. The molecule has 96 valence electrons. The quantitative estimate of drug-likeness (QED) is 0.676. The first kappa shape index (κ1) is 14.6. The molecule has 1 aromatic rings. The Kier molecular flexibility index (Phi) is 5.10. The van der Waals surface area contributed by atoms with Crippen LogP contribution in [0.25, 0.3) is 0 Å². The second-order valence-electron chi connectivity index (χ2n) is 4.62. The van der Waals surface area contributed by atoms with E-state index in [1.165, 1.54) is 0 Å². The molecule has 1 aromatic carbocycles. The molecular formula is C12H17BrClNO2. The highest BCUT2D eigenvalue weighted by Crippen LogP contribution is 2.34. The number of rotatable bonds is 4. The van der Waals surface area contributed by atoms with Gasteiger partial charge >= 0.3 is 0 Å². The van der Waals surface area contributed by atoms with Gasteiger partial charge in [-0.05, 0) is 48.8 Å². The Hall–Kier alpha value is -0.450. The second kappa shape index (κ2) is 5.94. The van der Waals surface area contributed by atoms with Gasteiger partial charge < -0.3 is 15.2 Å². The van der Waals surface area contributed by atoms with Crippen LogP contribution in [-0.2, 0) is 4.74 Å². The highest BCUT2D eigenvalue weighted by atomic mass is 79.9. The van der Waals surface area contributed by atoms with Crippen LogP contribution in [0, 0.1) is 0 Å². The average Bonchev–Trinajstić information content (AvgIpc) is 2.13. The number of anilines is 1. The molecular weight excluding hydrogens is 305 g/mol. The molecule has 0 fully saturated rings. The maximum Gasteiger partial charge on any atom is 0.156 e. The fourth-order valence-electron chi connectivity index (χ4n) is 1.22. The predicted octanol–water partition coefficient (Wildman–Crippen LogP) is 3.88. The third-order valence-corrected chi connectivity index (χ3v) is 2.71. The number of nitrogen functional groups attached to an aromatic ring is 1. The Bertz CT molecular complexity index is 368. The van der Waals surface area contributed by atoms with Crippen LogP contribution in [0.5, 0.6) is 5.75 Å². The first-order chi connectivity index (χ1) is 7.79. The van der Waals surface area contributed by atoms with Crippen LogP contribution in [0.3, 0.4) is 0 Å². The molecule has 0 bridgehead atoms. The molecule has 0 unspecified atom stereocenters. The molecule has 0 radical (unpaired) electrons. The van der Waals surface area contributed by atoms with Crippen LogP contribution >= 0.6 is 27.5 Å². The molecule has 2 N–H and O–H groups in total. The molecule has 0 aliphatic heterocycles. The van der Waals surface area contributed by atoms with Crippen molar-refractivity contribution in [3.63, 3.8) is 0 Å². The predicted molar refractivity (Wildman–Crippen MR) is 74.8 cm³/mol. The van der Waals surface area contributed by atoms with Gasteiger partial charge in [-0.2, -0.15) is 0 Å². The zero-order chi connectivity index (χ0) is 13.1. The minimum absolute atomic E-state index is 0.161. The zero-order valence-electron chi connectivity index (χ0n) is 10.2. The Morgan fingerprint density at radius 2 is 1.94 bits per heavy atom. The van der Waals surface area contributed by atoms with Crippen LogP contribution in [0.1, 0.15) is 20.8 Å². The Labute approximate surface area is 115 Å². The zero-order valence-corrected chi connectivity index (χ0v) is 12.6. The summed E-state index contributed by atoms with van der Waals surface area (Å²) in [6.45, 7) is 6.96. The number of nitrogens with two attached hydrogens (primary N) is 1. The van der Waals surface area contributed by atoms with Crippen molar-refractivity contribution in [1.82, 2.24) is 0 Å². The largest absolute Gasteiger partial charge is 0.488 e. The number of ether oxygens (including phenoxy) is 2. The lowest BCUT2D eigenvalue weighted by Gasteiger charge is -2.20. The normalized spacial score (nSPS) is 11.6. The molecule has 0 amide bonds. The summed E-state index contributed by atoms with van der Waals surface area (Å²) >= 11 is 9.21. The molecule has 1 rings (SSSR count). The van der Waals surface area contributed by atoms with Gasteiger partial charge in [-0.25, -0.2) is 0 Å². The van der Waals surface area contributed by atoms with Crippen molar-refractivity contribution >= 4 is 33.2 Å². The maximum absolute atomic E-state index is 5.85. The van der Waals surface area contributed by atoms with Gasteiger partial charge in [0, 0.05) is 5.02 Å². The molecule has 0 saturated carbocycles. The van der Waals surface area contributed by atoms with Crippen molar-refractivity contribution in [2.45, 2.75) is 26.4 Å². The number of hydrogen-bond acceptors (Lipinski definition) is 3. The van der Waals surface area contributed by atoms with E-state index in [1.54, 1.807) is 12.1 Å². The minimum atomic E-state index is -0.161. The van der Waals surface area contributed by atoms with E-state index in [4.69, 9.17) is 26.8 Å². The molecule has 17 heavy (non-hydrogen) atoms. The Morgan fingerprint density at radius 1 is 1.29 bits per heavy atom. The first-order valence-corrected chi connectivity index (χ1v) is 6.48. The fourth-order valence-corrected chi connectivity index (χ4v) is 2.17. The molecule has 3 nitrogen and oxygen atoms in total. The minimum Gasteiger partial charge on any atom is -0.488 e. The number of halogens is 2. The van der Waals surface area contributed by atoms with Gasteiger partial charge in [0.1, 0.15) is 6.61 Å².